The van der Waals surface area contributed by atoms with Crippen LogP contribution in [0.3, 0.4) is 0 Å². The molecule has 28 heavy (non-hydrogen) atoms. The van der Waals surface area contributed by atoms with Crippen molar-refractivity contribution in [1.82, 2.24) is 14.4 Å². The van der Waals surface area contributed by atoms with Gasteiger partial charge in [-0.3, -0.25) is 9.69 Å². The molecule has 6 nitrogen and oxygen atoms in total. The minimum atomic E-state index is -2.97. The first-order valence-corrected chi connectivity index (χ1v) is 11.7. The van der Waals surface area contributed by atoms with Gasteiger partial charge in [-0.1, -0.05) is 11.6 Å². The first-order chi connectivity index (χ1) is 13.2. The van der Waals surface area contributed by atoms with Gasteiger partial charge in [-0.05, 0) is 44.2 Å². The molecule has 0 atom stereocenters. The van der Waals surface area contributed by atoms with Crippen LogP contribution in [0.5, 0.6) is 0 Å². The Balaban J connectivity index is 1.70. The molecule has 1 fully saturated rings. The van der Waals surface area contributed by atoms with E-state index in [9.17, 15) is 13.2 Å². The number of halogens is 1. The standard InChI is InChI=1S/C20H26ClN3O3S/c1-15-14-19(16(2)24(15)18-6-4-17(21)5-7-18)20(25)23-10-8-22(9-11-23)12-13-28(3,26)27/h4-7,14H,8-13H2,1-3H3. The number of hydrogen-bond donors (Lipinski definition) is 0. The van der Waals surface area contributed by atoms with Gasteiger partial charge in [0.15, 0.2) is 0 Å². The minimum absolute atomic E-state index is 0.0241. The molecule has 152 valence electrons. The number of carbonyl (C=O) groups is 1. The number of benzene rings is 1. The van der Waals surface area contributed by atoms with Crippen molar-refractivity contribution < 1.29 is 13.2 Å². The third kappa shape index (κ3) is 4.77. The van der Waals surface area contributed by atoms with Crippen LogP contribution in [-0.2, 0) is 9.84 Å². The van der Waals surface area contributed by atoms with Gasteiger partial charge in [-0.15, -0.1) is 0 Å². The van der Waals surface area contributed by atoms with Crippen LogP contribution in [0, 0.1) is 13.8 Å². The van der Waals surface area contributed by atoms with E-state index in [1.54, 1.807) is 0 Å². The van der Waals surface area contributed by atoms with Crippen LogP contribution in [0.15, 0.2) is 30.3 Å². The molecule has 0 radical (unpaired) electrons. The number of piperazine rings is 1. The largest absolute Gasteiger partial charge is 0.336 e. The summed E-state index contributed by atoms with van der Waals surface area (Å²) >= 11 is 5.99. The molecule has 2 heterocycles. The summed E-state index contributed by atoms with van der Waals surface area (Å²) in [6, 6.07) is 9.50. The molecule has 0 bridgehead atoms. The maximum absolute atomic E-state index is 13.1. The summed E-state index contributed by atoms with van der Waals surface area (Å²) in [7, 11) is -2.97. The highest BCUT2D eigenvalue weighted by Crippen LogP contribution is 2.23. The molecular formula is C20H26ClN3O3S. The zero-order valence-corrected chi connectivity index (χ0v) is 18.1. The second kappa shape index (κ2) is 8.27. The van der Waals surface area contributed by atoms with Crippen LogP contribution in [-0.4, -0.2) is 73.4 Å². The summed E-state index contributed by atoms with van der Waals surface area (Å²) in [6.07, 6.45) is 1.25. The van der Waals surface area contributed by atoms with Gasteiger partial charge in [0.25, 0.3) is 5.91 Å². The van der Waals surface area contributed by atoms with Crippen molar-refractivity contribution in [1.29, 1.82) is 0 Å². The van der Waals surface area contributed by atoms with E-state index in [0.717, 1.165) is 17.1 Å². The molecule has 0 spiro atoms. The number of sulfone groups is 1. The Morgan fingerprint density at radius 3 is 2.25 bits per heavy atom. The van der Waals surface area contributed by atoms with Crippen molar-refractivity contribution in [2.24, 2.45) is 0 Å². The summed E-state index contributed by atoms with van der Waals surface area (Å²) in [5, 5.41) is 0.677. The number of amides is 1. The third-order valence-electron chi connectivity index (χ3n) is 5.18. The van der Waals surface area contributed by atoms with Crippen molar-refractivity contribution >= 4 is 27.3 Å². The van der Waals surface area contributed by atoms with Crippen LogP contribution < -0.4 is 0 Å². The van der Waals surface area contributed by atoms with Crippen LogP contribution >= 0.6 is 11.6 Å². The van der Waals surface area contributed by atoms with E-state index in [4.69, 9.17) is 11.6 Å². The Bertz CT molecular complexity index is 959. The number of aromatic nitrogens is 1. The summed E-state index contributed by atoms with van der Waals surface area (Å²) in [6.45, 7) is 7.05. The number of hydrogen-bond acceptors (Lipinski definition) is 4. The van der Waals surface area contributed by atoms with E-state index in [-0.39, 0.29) is 11.7 Å². The lowest BCUT2D eigenvalue weighted by Gasteiger charge is -2.34. The summed E-state index contributed by atoms with van der Waals surface area (Å²) in [5.74, 6) is 0.180. The van der Waals surface area contributed by atoms with E-state index < -0.39 is 9.84 Å². The lowest BCUT2D eigenvalue weighted by atomic mass is 10.2. The second-order valence-corrected chi connectivity index (χ2v) is 10.1. The molecule has 0 N–H and O–H groups in total. The normalized spacial score (nSPS) is 15.8. The quantitative estimate of drug-likeness (QED) is 0.741. The lowest BCUT2D eigenvalue weighted by Crippen LogP contribution is -2.49. The smallest absolute Gasteiger partial charge is 0.255 e. The van der Waals surface area contributed by atoms with Gasteiger partial charge >= 0.3 is 0 Å². The molecule has 1 amide bonds. The number of carbonyl (C=O) groups excluding carboxylic acids is 1. The SMILES string of the molecule is Cc1cc(C(=O)N2CCN(CCS(C)(=O)=O)CC2)c(C)n1-c1ccc(Cl)cc1. The van der Waals surface area contributed by atoms with Crippen molar-refractivity contribution in [3.8, 4) is 5.69 Å². The average Bonchev–Trinajstić information content (AvgIpc) is 2.94. The third-order valence-corrected chi connectivity index (χ3v) is 6.36. The summed E-state index contributed by atoms with van der Waals surface area (Å²) < 4.78 is 24.7. The number of rotatable bonds is 5. The predicted molar refractivity (Wildman–Crippen MR) is 112 cm³/mol. The first kappa shape index (κ1) is 20.9. The zero-order chi connectivity index (χ0) is 20.5. The van der Waals surface area contributed by atoms with Crippen LogP contribution in [0.1, 0.15) is 21.7 Å². The lowest BCUT2D eigenvalue weighted by molar-refractivity contribution is 0.0643. The Morgan fingerprint density at radius 2 is 1.68 bits per heavy atom. The van der Waals surface area contributed by atoms with Crippen LogP contribution in [0.4, 0.5) is 0 Å². The molecule has 8 heteroatoms. The number of aryl methyl sites for hydroxylation is 1. The van der Waals surface area contributed by atoms with Gasteiger partial charge < -0.3 is 9.47 Å². The highest BCUT2D eigenvalue weighted by Gasteiger charge is 2.25. The minimum Gasteiger partial charge on any atom is -0.336 e. The van der Waals surface area contributed by atoms with Gasteiger partial charge in [0.2, 0.25) is 0 Å². The van der Waals surface area contributed by atoms with E-state index in [0.29, 0.717) is 43.3 Å². The Morgan fingerprint density at radius 1 is 1.07 bits per heavy atom. The second-order valence-electron chi connectivity index (χ2n) is 7.36. The molecular weight excluding hydrogens is 398 g/mol. The van der Waals surface area contributed by atoms with Crippen molar-refractivity contribution in [3.05, 3.63) is 52.3 Å². The first-order valence-electron chi connectivity index (χ1n) is 9.30. The highest BCUT2D eigenvalue weighted by atomic mass is 35.5. The molecule has 3 rings (SSSR count). The van der Waals surface area contributed by atoms with Gasteiger partial charge in [0.1, 0.15) is 9.84 Å². The van der Waals surface area contributed by atoms with Crippen molar-refractivity contribution in [3.63, 3.8) is 0 Å². The molecule has 1 aromatic heterocycles. The van der Waals surface area contributed by atoms with Gasteiger partial charge in [0, 0.05) is 61.1 Å². The maximum Gasteiger partial charge on any atom is 0.255 e. The molecule has 1 aliphatic rings. The fourth-order valence-corrected chi connectivity index (χ4v) is 4.32. The fraction of sp³-hybridized carbons (Fsp3) is 0.450. The van der Waals surface area contributed by atoms with E-state index in [1.807, 2.05) is 49.1 Å². The van der Waals surface area contributed by atoms with Gasteiger partial charge in [0.05, 0.1) is 11.3 Å². The zero-order valence-electron chi connectivity index (χ0n) is 16.5. The van der Waals surface area contributed by atoms with Gasteiger partial charge in [-0.2, -0.15) is 0 Å². The topological polar surface area (TPSA) is 62.6 Å². The molecule has 0 aliphatic carbocycles. The number of nitrogens with zero attached hydrogens (tertiary/aromatic N) is 3. The molecule has 1 aliphatic heterocycles. The van der Waals surface area contributed by atoms with Crippen molar-refractivity contribution in [2.75, 3.05) is 44.7 Å². The fourth-order valence-electron chi connectivity index (χ4n) is 3.61. The average molecular weight is 424 g/mol. The molecule has 2 aromatic rings. The Hall–Kier alpha value is -1.83. The summed E-state index contributed by atoms with van der Waals surface area (Å²) in [5.41, 5.74) is 3.58. The molecule has 0 unspecified atom stereocenters. The monoisotopic (exact) mass is 423 g/mol. The van der Waals surface area contributed by atoms with E-state index >= 15 is 0 Å². The maximum atomic E-state index is 13.1. The Kier molecular flexibility index (Phi) is 6.17. The van der Waals surface area contributed by atoms with Crippen LogP contribution in [0.25, 0.3) is 5.69 Å². The predicted octanol–water partition coefficient (Wildman–Crippen LogP) is 2.55. The van der Waals surface area contributed by atoms with Gasteiger partial charge in [-0.25, -0.2) is 8.42 Å². The Labute approximate surface area is 171 Å². The van der Waals surface area contributed by atoms with Crippen LogP contribution in [0.2, 0.25) is 5.02 Å². The molecule has 1 aromatic carbocycles. The highest BCUT2D eigenvalue weighted by molar-refractivity contribution is 7.90. The van der Waals surface area contributed by atoms with E-state index in [1.165, 1.54) is 6.26 Å². The molecule has 1 saturated heterocycles. The summed E-state index contributed by atoms with van der Waals surface area (Å²) in [4.78, 5) is 17.0. The molecule has 0 saturated carbocycles. The van der Waals surface area contributed by atoms with Crippen molar-refractivity contribution in [2.45, 2.75) is 13.8 Å². The van der Waals surface area contributed by atoms with E-state index in [2.05, 4.69) is 9.47 Å².